The summed E-state index contributed by atoms with van der Waals surface area (Å²) in [6, 6.07) is -0.700. The highest BCUT2D eigenvalue weighted by Gasteiger charge is 2.62. The highest BCUT2D eigenvalue weighted by Crippen LogP contribution is 2.68. The summed E-state index contributed by atoms with van der Waals surface area (Å²) < 4.78 is 5.19. The molecule has 0 aromatic rings. The lowest BCUT2D eigenvalue weighted by Crippen LogP contribution is -2.58. The van der Waals surface area contributed by atoms with Crippen LogP contribution in [0, 0.1) is 46.3 Å². The van der Waals surface area contributed by atoms with Gasteiger partial charge in [-0.1, -0.05) is 20.8 Å². The zero-order chi connectivity index (χ0) is 29.9. The van der Waals surface area contributed by atoms with Gasteiger partial charge in [-0.15, -0.1) is 0 Å². The molecule has 0 heterocycles. The van der Waals surface area contributed by atoms with Crippen molar-refractivity contribution in [2.24, 2.45) is 62.8 Å². The number of hydrogen-bond donors (Lipinski definition) is 5. The van der Waals surface area contributed by atoms with E-state index >= 15 is 0 Å². The van der Waals surface area contributed by atoms with Gasteiger partial charge in [0.15, 0.2) is 5.96 Å². The zero-order valence-corrected chi connectivity index (χ0v) is 25.8. The number of carbonyl (C=O) groups excluding carboxylic acids is 2. The molecule has 41 heavy (non-hydrogen) atoms. The molecule has 11 unspecified atom stereocenters. The summed E-state index contributed by atoms with van der Waals surface area (Å²) in [6.45, 7) is 9.61. The molecule has 4 aliphatic carbocycles. The molecular weight excluding hydrogens is 520 g/mol. The number of amides is 1. The number of guanidine groups is 1. The Kier molecular flexibility index (Phi) is 10.3. The van der Waals surface area contributed by atoms with Crippen molar-refractivity contribution in [2.45, 2.75) is 123 Å². The van der Waals surface area contributed by atoms with E-state index in [2.05, 4.69) is 31.1 Å². The van der Waals surface area contributed by atoms with Crippen molar-refractivity contribution in [1.29, 1.82) is 0 Å². The van der Waals surface area contributed by atoms with Crippen molar-refractivity contribution in [3.8, 4) is 0 Å². The van der Waals surface area contributed by atoms with Gasteiger partial charge in [0.05, 0.1) is 18.8 Å². The van der Waals surface area contributed by atoms with Crippen LogP contribution in [0.2, 0.25) is 0 Å². The monoisotopic (exact) mass is 576 g/mol. The summed E-state index contributed by atoms with van der Waals surface area (Å²) in [7, 11) is 0. The number of aliphatic hydroxyl groups is 2. The number of esters is 1. The number of rotatable bonds is 11. The molecule has 1 amide bonds. The SMILES string of the molecule is CCOC(=O)C(CCCN=C(N)N)NC(=O)CCC(C)C1CCC2C3C(O)CC4CC(O)CCC4(C)C3CCC12C. The minimum atomic E-state index is -0.700. The van der Waals surface area contributed by atoms with Gasteiger partial charge < -0.3 is 31.7 Å². The maximum absolute atomic E-state index is 13.0. The maximum atomic E-state index is 13.0. The van der Waals surface area contributed by atoms with Crippen molar-refractivity contribution in [3.63, 3.8) is 0 Å². The molecule has 0 saturated heterocycles. The average molecular weight is 577 g/mol. The van der Waals surface area contributed by atoms with Gasteiger partial charge in [-0.2, -0.15) is 0 Å². The molecule has 4 saturated carbocycles. The minimum absolute atomic E-state index is 0.0113. The Labute approximate surface area is 246 Å². The van der Waals surface area contributed by atoms with Crippen LogP contribution in [0.3, 0.4) is 0 Å². The molecule has 4 aliphatic rings. The smallest absolute Gasteiger partial charge is 0.328 e. The van der Waals surface area contributed by atoms with Gasteiger partial charge in [0, 0.05) is 13.0 Å². The van der Waals surface area contributed by atoms with E-state index in [-0.39, 0.29) is 41.5 Å². The number of carbonyl (C=O) groups is 2. The quantitative estimate of drug-likeness (QED) is 0.109. The Bertz CT molecular complexity index is 956. The summed E-state index contributed by atoms with van der Waals surface area (Å²) in [6.07, 6.45) is 9.91. The highest BCUT2D eigenvalue weighted by molar-refractivity contribution is 5.84. The summed E-state index contributed by atoms with van der Waals surface area (Å²) in [5, 5.41) is 24.7. The Morgan fingerprint density at radius 2 is 1.73 bits per heavy atom. The Hall–Kier alpha value is -1.87. The molecular formula is C32H56N4O5. The highest BCUT2D eigenvalue weighted by atomic mass is 16.5. The first-order chi connectivity index (χ1) is 19.4. The average Bonchev–Trinajstić information content (AvgIpc) is 3.27. The van der Waals surface area contributed by atoms with Crippen molar-refractivity contribution in [1.82, 2.24) is 5.32 Å². The topological polar surface area (TPSA) is 160 Å². The van der Waals surface area contributed by atoms with Crippen LogP contribution in [0.4, 0.5) is 0 Å². The van der Waals surface area contributed by atoms with E-state index in [9.17, 15) is 19.8 Å². The maximum Gasteiger partial charge on any atom is 0.328 e. The van der Waals surface area contributed by atoms with Crippen LogP contribution in [0.1, 0.15) is 105 Å². The molecule has 0 aliphatic heterocycles. The van der Waals surface area contributed by atoms with Crippen LogP contribution in [-0.2, 0) is 14.3 Å². The Morgan fingerprint density at radius 1 is 1.02 bits per heavy atom. The summed E-state index contributed by atoms with van der Waals surface area (Å²) in [5.41, 5.74) is 11.2. The van der Waals surface area contributed by atoms with E-state index < -0.39 is 12.0 Å². The van der Waals surface area contributed by atoms with Crippen molar-refractivity contribution in [2.75, 3.05) is 13.2 Å². The molecule has 234 valence electrons. The number of nitrogens with zero attached hydrogens (tertiary/aromatic N) is 1. The summed E-state index contributed by atoms with van der Waals surface area (Å²) in [4.78, 5) is 29.4. The van der Waals surface area contributed by atoms with Crippen molar-refractivity contribution < 1.29 is 24.5 Å². The largest absolute Gasteiger partial charge is 0.464 e. The van der Waals surface area contributed by atoms with Crippen LogP contribution in [-0.4, -0.2) is 59.5 Å². The van der Waals surface area contributed by atoms with Crippen LogP contribution < -0.4 is 16.8 Å². The lowest BCUT2D eigenvalue weighted by atomic mass is 9.43. The number of fused-ring (bicyclic) bond motifs is 5. The van der Waals surface area contributed by atoms with E-state index in [1.54, 1.807) is 6.92 Å². The van der Waals surface area contributed by atoms with E-state index in [0.717, 1.165) is 51.4 Å². The number of hydrogen-bond acceptors (Lipinski definition) is 6. The van der Waals surface area contributed by atoms with Crippen molar-refractivity contribution in [3.05, 3.63) is 0 Å². The van der Waals surface area contributed by atoms with Gasteiger partial charge in [-0.25, -0.2) is 4.79 Å². The summed E-state index contributed by atoms with van der Waals surface area (Å²) >= 11 is 0. The van der Waals surface area contributed by atoms with E-state index in [1.807, 2.05) is 0 Å². The van der Waals surface area contributed by atoms with E-state index in [4.69, 9.17) is 16.2 Å². The second kappa shape index (κ2) is 13.2. The van der Waals surface area contributed by atoms with E-state index in [1.165, 1.54) is 6.42 Å². The van der Waals surface area contributed by atoms with Gasteiger partial charge >= 0.3 is 5.97 Å². The van der Waals surface area contributed by atoms with Crippen LogP contribution in [0.25, 0.3) is 0 Å². The van der Waals surface area contributed by atoms with Gasteiger partial charge in [0.25, 0.3) is 0 Å². The molecule has 9 heteroatoms. The fourth-order valence-electron chi connectivity index (χ4n) is 10.00. The molecule has 4 fully saturated rings. The normalized spacial score (nSPS) is 39.4. The zero-order valence-electron chi connectivity index (χ0n) is 25.8. The third-order valence-electron chi connectivity index (χ3n) is 12.1. The number of nitrogens with one attached hydrogen (secondary N) is 1. The lowest BCUT2D eigenvalue weighted by Gasteiger charge is -2.62. The molecule has 0 aromatic carbocycles. The van der Waals surface area contributed by atoms with Crippen LogP contribution in [0.5, 0.6) is 0 Å². The number of ether oxygens (including phenoxy) is 1. The molecule has 0 radical (unpaired) electrons. The molecule has 11 atom stereocenters. The van der Waals surface area contributed by atoms with Gasteiger partial charge in [0.1, 0.15) is 6.04 Å². The molecule has 9 nitrogen and oxygen atoms in total. The first-order valence-corrected chi connectivity index (χ1v) is 16.3. The third-order valence-corrected chi connectivity index (χ3v) is 12.1. The summed E-state index contributed by atoms with van der Waals surface area (Å²) in [5.74, 6) is 2.18. The second-order valence-corrected chi connectivity index (χ2v) is 14.3. The standard InChI is InChI=1S/C32H56N4O5/c1-5-41-29(40)25(7-6-16-35-30(33)34)36-27(39)11-8-19(2)22-9-10-23-28-24(13-15-32(22,23)4)31(3)14-12-21(37)17-20(31)18-26(28)38/h19-26,28,37-38H,5-18H2,1-4H3,(H,36,39)(H4,33,34,35). The fraction of sp³-hybridized carbons (Fsp3) is 0.906. The van der Waals surface area contributed by atoms with Gasteiger partial charge in [0.2, 0.25) is 5.91 Å². The van der Waals surface area contributed by atoms with Crippen LogP contribution >= 0.6 is 0 Å². The Morgan fingerprint density at radius 3 is 2.44 bits per heavy atom. The lowest BCUT2D eigenvalue weighted by molar-refractivity contribution is -0.174. The van der Waals surface area contributed by atoms with Crippen LogP contribution in [0.15, 0.2) is 4.99 Å². The van der Waals surface area contributed by atoms with Gasteiger partial charge in [-0.05, 0) is 124 Å². The van der Waals surface area contributed by atoms with Gasteiger partial charge in [-0.3, -0.25) is 9.79 Å². The Balaban J connectivity index is 1.35. The predicted molar refractivity (Wildman–Crippen MR) is 159 cm³/mol. The second-order valence-electron chi connectivity index (χ2n) is 14.3. The molecule has 0 aromatic heterocycles. The third kappa shape index (κ3) is 6.71. The molecule has 4 rings (SSSR count). The molecule has 0 bridgehead atoms. The predicted octanol–water partition coefficient (Wildman–Crippen LogP) is 3.49. The molecule has 0 spiro atoms. The number of aliphatic imine (C=N–C) groups is 1. The number of aliphatic hydroxyl groups excluding tert-OH is 2. The van der Waals surface area contributed by atoms with Crippen molar-refractivity contribution >= 4 is 17.8 Å². The first-order valence-electron chi connectivity index (χ1n) is 16.3. The number of nitrogens with two attached hydrogens (primary N) is 2. The minimum Gasteiger partial charge on any atom is -0.464 e. The fourth-order valence-corrected chi connectivity index (χ4v) is 10.00. The van der Waals surface area contributed by atoms with E-state index in [0.29, 0.717) is 61.3 Å². The molecule has 7 N–H and O–H groups in total. The first kappa shape index (κ1) is 32.1.